The van der Waals surface area contributed by atoms with Gasteiger partial charge in [-0.25, -0.2) is 4.98 Å². The van der Waals surface area contributed by atoms with Gasteiger partial charge >= 0.3 is 0 Å². The zero-order valence-electron chi connectivity index (χ0n) is 20.6. The fourth-order valence-corrected chi connectivity index (χ4v) is 6.16. The summed E-state index contributed by atoms with van der Waals surface area (Å²) in [4.78, 5) is 49.2. The Morgan fingerprint density at radius 1 is 0.892 bits per heavy atom. The van der Waals surface area contributed by atoms with Crippen molar-refractivity contribution >= 4 is 55.2 Å². The number of para-hydroxylation sites is 1. The Bertz CT molecular complexity index is 1490. The summed E-state index contributed by atoms with van der Waals surface area (Å²) in [5.41, 5.74) is 3.21. The lowest BCUT2D eigenvalue weighted by atomic mass is 9.94. The molecule has 1 N–H and O–H groups in total. The number of imide groups is 1. The van der Waals surface area contributed by atoms with Crippen LogP contribution in [-0.4, -0.2) is 83.2 Å². The first-order chi connectivity index (χ1) is 18.0. The Kier molecular flexibility index (Phi) is 6.19. The molecule has 4 aromatic rings. The normalized spacial score (nSPS) is 16.6. The lowest BCUT2D eigenvalue weighted by Crippen LogP contribution is -2.51. The number of anilines is 1. The highest BCUT2D eigenvalue weighted by Gasteiger charge is 2.33. The van der Waals surface area contributed by atoms with Crippen LogP contribution in [0.3, 0.4) is 0 Å². The molecule has 3 amide bonds. The number of thiazole rings is 1. The van der Waals surface area contributed by atoms with E-state index in [1.54, 1.807) is 12.1 Å². The van der Waals surface area contributed by atoms with E-state index in [0.717, 1.165) is 52.7 Å². The number of amides is 3. The van der Waals surface area contributed by atoms with Crippen molar-refractivity contribution in [1.29, 1.82) is 0 Å². The van der Waals surface area contributed by atoms with Crippen molar-refractivity contribution in [1.82, 2.24) is 19.7 Å². The predicted molar refractivity (Wildman–Crippen MR) is 145 cm³/mol. The molecule has 3 aromatic carbocycles. The Labute approximate surface area is 218 Å². The Balaban J connectivity index is 1.01. The Morgan fingerprint density at radius 2 is 1.54 bits per heavy atom. The lowest BCUT2D eigenvalue weighted by Gasteiger charge is -2.35. The van der Waals surface area contributed by atoms with Crippen LogP contribution in [0.4, 0.5) is 5.13 Å². The molecule has 0 atom stereocenters. The van der Waals surface area contributed by atoms with Crippen molar-refractivity contribution in [3.05, 3.63) is 71.3 Å². The Hall–Kier alpha value is -3.66. The molecule has 188 valence electrons. The maximum atomic E-state index is 13.1. The number of fused-ring (bicyclic) bond motifs is 1. The number of nitrogens with one attached hydrogen (secondary N) is 1. The highest BCUT2D eigenvalue weighted by molar-refractivity contribution is 7.22. The third-order valence-electron chi connectivity index (χ3n) is 7.19. The highest BCUT2D eigenvalue weighted by Crippen LogP contribution is 2.30. The summed E-state index contributed by atoms with van der Waals surface area (Å²) in [5.74, 6) is -0.521. The van der Waals surface area contributed by atoms with E-state index in [9.17, 15) is 14.4 Å². The first kappa shape index (κ1) is 23.7. The molecule has 0 saturated carbocycles. The minimum absolute atomic E-state index is 0.0671. The summed E-state index contributed by atoms with van der Waals surface area (Å²) in [6.45, 7) is 6.33. The van der Waals surface area contributed by atoms with Crippen LogP contribution in [0.2, 0.25) is 0 Å². The highest BCUT2D eigenvalue weighted by atomic mass is 32.1. The van der Waals surface area contributed by atoms with Crippen molar-refractivity contribution in [3.63, 3.8) is 0 Å². The second kappa shape index (κ2) is 9.66. The van der Waals surface area contributed by atoms with Crippen LogP contribution < -0.4 is 5.32 Å². The lowest BCUT2D eigenvalue weighted by molar-refractivity contribution is -0.117. The molecule has 0 bridgehead atoms. The molecule has 2 aliphatic heterocycles. The van der Waals surface area contributed by atoms with Crippen molar-refractivity contribution in [2.75, 3.05) is 51.1 Å². The van der Waals surface area contributed by atoms with Gasteiger partial charge in [0.25, 0.3) is 11.8 Å². The first-order valence-electron chi connectivity index (χ1n) is 12.5. The quantitative estimate of drug-likeness (QED) is 0.397. The number of hydrogen-bond donors (Lipinski definition) is 1. The van der Waals surface area contributed by atoms with E-state index in [1.165, 1.54) is 16.2 Å². The molecule has 2 aliphatic rings. The zero-order chi connectivity index (χ0) is 25.5. The maximum absolute atomic E-state index is 13.1. The molecule has 0 radical (unpaired) electrons. The third-order valence-corrected chi connectivity index (χ3v) is 8.13. The number of hydrogen-bond acceptors (Lipinski definition) is 7. The molecular formula is C28H27N5O3S. The topological polar surface area (TPSA) is 85.9 Å². The molecule has 1 saturated heterocycles. The molecule has 0 unspecified atom stereocenters. The van der Waals surface area contributed by atoms with Crippen LogP contribution >= 0.6 is 11.3 Å². The van der Waals surface area contributed by atoms with Gasteiger partial charge in [-0.15, -0.1) is 0 Å². The van der Waals surface area contributed by atoms with Gasteiger partial charge in [0.15, 0.2) is 5.13 Å². The van der Waals surface area contributed by atoms with Crippen molar-refractivity contribution in [2.24, 2.45) is 0 Å². The average Bonchev–Trinajstić information content (AvgIpc) is 3.31. The molecular weight excluding hydrogens is 486 g/mol. The van der Waals surface area contributed by atoms with Crippen LogP contribution in [0.15, 0.2) is 54.6 Å². The Morgan fingerprint density at radius 3 is 2.22 bits per heavy atom. The van der Waals surface area contributed by atoms with E-state index in [1.807, 2.05) is 49.4 Å². The van der Waals surface area contributed by atoms with Crippen LogP contribution in [0, 0.1) is 6.92 Å². The number of benzene rings is 3. The fourth-order valence-electron chi connectivity index (χ4n) is 5.20. The second-order valence-electron chi connectivity index (χ2n) is 9.58. The summed E-state index contributed by atoms with van der Waals surface area (Å²) in [6, 6.07) is 17.2. The smallest absolute Gasteiger partial charge is 0.261 e. The molecule has 0 aliphatic carbocycles. The summed E-state index contributed by atoms with van der Waals surface area (Å²) in [5, 5.41) is 5.23. The van der Waals surface area contributed by atoms with Crippen molar-refractivity contribution < 1.29 is 14.4 Å². The summed E-state index contributed by atoms with van der Waals surface area (Å²) < 4.78 is 1.06. The van der Waals surface area contributed by atoms with E-state index in [0.29, 0.717) is 35.9 Å². The largest absolute Gasteiger partial charge is 0.301 e. The minimum atomic E-state index is -0.227. The molecule has 37 heavy (non-hydrogen) atoms. The van der Waals surface area contributed by atoms with Gasteiger partial charge in [0.2, 0.25) is 5.91 Å². The van der Waals surface area contributed by atoms with Gasteiger partial charge in [0.05, 0.1) is 16.8 Å². The monoisotopic (exact) mass is 513 g/mol. The van der Waals surface area contributed by atoms with Crippen LogP contribution in [0.1, 0.15) is 26.3 Å². The number of aryl methyl sites for hydroxylation is 1. The standard InChI is InChI=1S/C28H27N5O3S/c1-18-5-2-10-22-25(18)30-28(37-22)29-23(34)17-32-13-11-31(12-14-32)15-16-33-26(35)20-8-3-6-19-7-4-9-21(24(19)20)27(33)36/h2-10H,11-17H2,1H3,(H,29,30,34). The van der Waals surface area contributed by atoms with Crippen molar-refractivity contribution in [2.45, 2.75) is 6.92 Å². The van der Waals surface area contributed by atoms with Gasteiger partial charge < -0.3 is 5.32 Å². The number of aromatic nitrogens is 1. The van der Waals surface area contributed by atoms with E-state index in [2.05, 4.69) is 20.1 Å². The van der Waals surface area contributed by atoms with Gasteiger partial charge in [0.1, 0.15) is 0 Å². The van der Waals surface area contributed by atoms with Gasteiger partial charge in [-0.1, -0.05) is 47.7 Å². The molecule has 1 aromatic heterocycles. The van der Waals surface area contributed by atoms with Crippen LogP contribution in [0.25, 0.3) is 21.0 Å². The third kappa shape index (κ3) is 4.50. The van der Waals surface area contributed by atoms with Crippen LogP contribution in [0.5, 0.6) is 0 Å². The zero-order valence-corrected chi connectivity index (χ0v) is 21.4. The number of piperazine rings is 1. The summed E-state index contributed by atoms with van der Waals surface area (Å²) in [6.07, 6.45) is 0. The van der Waals surface area contributed by atoms with Crippen LogP contribution in [-0.2, 0) is 4.79 Å². The predicted octanol–water partition coefficient (Wildman–Crippen LogP) is 3.61. The molecule has 9 heteroatoms. The maximum Gasteiger partial charge on any atom is 0.261 e. The van der Waals surface area contributed by atoms with E-state index < -0.39 is 0 Å². The average molecular weight is 514 g/mol. The van der Waals surface area contributed by atoms with Gasteiger partial charge in [-0.05, 0) is 36.1 Å². The SMILES string of the molecule is Cc1cccc2sc(NC(=O)CN3CCN(CCN4C(=O)c5cccc6cccc(c56)C4=O)CC3)nc12. The minimum Gasteiger partial charge on any atom is -0.301 e. The fraction of sp³-hybridized carbons (Fsp3) is 0.286. The number of rotatable bonds is 6. The molecule has 0 spiro atoms. The first-order valence-corrected chi connectivity index (χ1v) is 13.3. The summed E-state index contributed by atoms with van der Waals surface area (Å²) in [7, 11) is 0. The number of nitrogens with zero attached hydrogens (tertiary/aromatic N) is 4. The molecule has 3 heterocycles. The van der Waals surface area contributed by atoms with Gasteiger partial charge in [-0.2, -0.15) is 0 Å². The summed E-state index contributed by atoms with van der Waals surface area (Å²) >= 11 is 1.49. The van der Waals surface area contributed by atoms with E-state index in [-0.39, 0.29) is 17.7 Å². The van der Waals surface area contributed by atoms with Gasteiger partial charge in [-0.3, -0.25) is 29.1 Å². The molecule has 6 rings (SSSR count). The number of carbonyl (C=O) groups excluding carboxylic acids is 3. The van der Waals surface area contributed by atoms with Crippen molar-refractivity contribution in [3.8, 4) is 0 Å². The van der Waals surface area contributed by atoms with E-state index >= 15 is 0 Å². The number of carbonyl (C=O) groups is 3. The van der Waals surface area contributed by atoms with Gasteiger partial charge in [0, 0.05) is 55.8 Å². The van der Waals surface area contributed by atoms with E-state index in [4.69, 9.17) is 0 Å². The second-order valence-corrected chi connectivity index (χ2v) is 10.6. The molecule has 8 nitrogen and oxygen atoms in total. The molecule has 1 fully saturated rings.